The Morgan fingerprint density at radius 1 is 1.09 bits per heavy atom. The van der Waals surface area contributed by atoms with E-state index in [1.807, 2.05) is 6.92 Å². The highest BCUT2D eigenvalue weighted by atomic mass is 16.6. The van der Waals surface area contributed by atoms with Crippen LogP contribution in [0.15, 0.2) is 0 Å². The van der Waals surface area contributed by atoms with Gasteiger partial charge in [-0.2, -0.15) is 0 Å². The molecule has 0 saturated carbocycles. The first-order valence-corrected chi connectivity index (χ1v) is 12.5. The smallest absolute Gasteiger partial charge is 0.309 e. The van der Waals surface area contributed by atoms with Crippen molar-refractivity contribution in [1.82, 2.24) is 0 Å². The third kappa shape index (κ3) is 4.32. The summed E-state index contributed by atoms with van der Waals surface area (Å²) in [5.74, 6) is -0.390. The molecule has 7 heteroatoms. The molecular formula is C25H40O7. The monoisotopic (exact) mass is 452 g/mol. The lowest BCUT2D eigenvalue weighted by Gasteiger charge is -2.40. The number of hydrogen-bond acceptors (Lipinski definition) is 6. The van der Waals surface area contributed by atoms with E-state index in [0.29, 0.717) is 5.92 Å². The maximum atomic E-state index is 12.2. The second-order valence-electron chi connectivity index (χ2n) is 11.1. The highest BCUT2D eigenvalue weighted by Gasteiger charge is 2.57. The van der Waals surface area contributed by atoms with Crippen molar-refractivity contribution in [2.24, 2.45) is 17.8 Å². The predicted octanol–water partition coefficient (Wildman–Crippen LogP) is 4.11. The van der Waals surface area contributed by atoms with Crippen molar-refractivity contribution in [2.45, 2.75) is 128 Å². The Labute approximate surface area is 191 Å². The van der Waals surface area contributed by atoms with Gasteiger partial charge >= 0.3 is 11.9 Å². The number of esters is 1. The summed E-state index contributed by atoms with van der Waals surface area (Å²) in [6.45, 7) is 10.5. The average molecular weight is 453 g/mol. The molecule has 0 spiro atoms. The van der Waals surface area contributed by atoms with Crippen molar-refractivity contribution < 1.29 is 33.6 Å². The second kappa shape index (κ2) is 8.88. The molecule has 0 radical (unpaired) electrons. The number of carboxylic acids is 1. The van der Waals surface area contributed by atoms with E-state index < -0.39 is 11.6 Å². The van der Waals surface area contributed by atoms with E-state index in [1.165, 1.54) is 0 Å². The van der Waals surface area contributed by atoms with E-state index in [-0.39, 0.29) is 60.3 Å². The fourth-order valence-corrected chi connectivity index (χ4v) is 6.72. The van der Waals surface area contributed by atoms with Gasteiger partial charge in [0.2, 0.25) is 0 Å². The van der Waals surface area contributed by atoms with Gasteiger partial charge in [-0.05, 0) is 63.7 Å². The Kier molecular flexibility index (Phi) is 6.65. The molecule has 7 nitrogen and oxygen atoms in total. The Balaban J connectivity index is 1.43. The van der Waals surface area contributed by atoms with Gasteiger partial charge in [-0.25, -0.2) is 0 Å². The first kappa shape index (κ1) is 24.0. The summed E-state index contributed by atoms with van der Waals surface area (Å²) < 4.78 is 25.5. The third-order valence-corrected chi connectivity index (χ3v) is 8.56. The van der Waals surface area contributed by atoms with Gasteiger partial charge in [0, 0.05) is 0 Å². The molecule has 1 unspecified atom stereocenters. The van der Waals surface area contributed by atoms with E-state index >= 15 is 0 Å². The van der Waals surface area contributed by atoms with Crippen molar-refractivity contribution in [3.05, 3.63) is 0 Å². The Morgan fingerprint density at radius 3 is 2.53 bits per heavy atom. The summed E-state index contributed by atoms with van der Waals surface area (Å²) in [7, 11) is 0. The number of aliphatic carboxylic acids is 1. The molecule has 0 aromatic heterocycles. The number of hydrogen-bond donors (Lipinski definition) is 1. The van der Waals surface area contributed by atoms with Crippen LogP contribution in [0.4, 0.5) is 0 Å². The van der Waals surface area contributed by atoms with Gasteiger partial charge in [-0.15, -0.1) is 0 Å². The van der Waals surface area contributed by atoms with Crippen LogP contribution in [-0.4, -0.2) is 58.8 Å². The van der Waals surface area contributed by atoms with E-state index in [1.54, 1.807) is 0 Å². The fraction of sp³-hybridized carbons (Fsp3) is 0.920. The molecule has 4 aliphatic rings. The van der Waals surface area contributed by atoms with Crippen LogP contribution in [0.2, 0.25) is 0 Å². The topological polar surface area (TPSA) is 91.3 Å². The quantitative estimate of drug-likeness (QED) is 0.607. The van der Waals surface area contributed by atoms with Crippen molar-refractivity contribution in [3.8, 4) is 0 Å². The first-order valence-electron chi connectivity index (χ1n) is 12.5. The number of carboxylic acid groups (broad SMARTS) is 1. The molecule has 0 aliphatic carbocycles. The summed E-state index contributed by atoms with van der Waals surface area (Å²) in [5.41, 5.74) is -0.840. The number of carbonyl (C=O) groups is 2. The zero-order valence-electron chi connectivity index (χ0n) is 20.2. The molecule has 32 heavy (non-hydrogen) atoms. The molecular weight excluding hydrogens is 412 g/mol. The highest BCUT2D eigenvalue weighted by molar-refractivity contribution is 5.73. The lowest BCUT2D eigenvalue weighted by Crippen LogP contribution is -2.49. The molecule has 0 amide bonds. The van der Waals surface area contributed by atoms with Gasteiger partial charge in [0.15, 0.2) is 0 Å². The molecule has 0 aromatic carbocycles. The Morgan fingerprint density at radius 2 is 1.84 bits per heavy atom. The molecule has 4 aliphatic heterocycles. The minimum absolute atomic E-state index is 0.0442. The van der Waals surface area contributed by atoms with Gasteiger partial charge < -0.3 is 24.1 Å². The summed E-state index contributed by atoms with van der Waals surface area (Å²) in [4.78, 5) is 23.3. The standard InChI is InChI=1S/C25H40O7/c1-6-25(10-8-19(32-25)24(5)9-7-17(31-24)13-20(26)27)22-15(3)12-18(29-22)21-14(2)11-16(4)23(28)30-21/h14-19,21-22H,6-13H2,1-5H3,(H,26,27)/t14-,15-,16+,17?,18+,19+,21-,22+,24-,25-/m0/s1. The van der Waals surface area contributed by atoms with Gasteiger partial charge in [-0.1, -0.05) is 27.7 Å². The molecule has 1 N–H and O–H groups in total. The van der Waals surface area contributed by atoms with Gasteiger partial charge in [0.25, 0.3) is 0 Å². The molecule has 4 heterocycles. The average Bonchev–Trinajstić information content (AvgIpc) is 3.42. The lowest BCUT2D eigenvalue weighted by molar-refractivity contribution is -0.204. The van der Waals surface area contributed by atoms with Crippen LogP contribution in [0.1, 0.15) is 86.0 Å². The van der Waals surface area contributed by atoms with Gasteiger partial charge in [0.1, 0.15) is 6.10 Å². The van der Waals surface area contributed by atoms with E-state index in [9.17, 15) is 9.59 Å². The van der Waals surface area contributed by atoms with E-state index in [4.69, 9.17) is 24.1 Å². The summed E-state index contributed by atoms with van der Waals surface area (Å²) >= 11 is 0. The lowest BCUT2D eigenvalue weighted by atomic mass is 9.81. The minimum atomic E-state index is -0.819. The van der Waals surface area contributed by atoms with Crippen LogP contribution in [-0.2, 0) is 28.5 Å². The molecule has 4 rings (SSSR count). The van der Waals surface area contributed by atoms with Crippen molar-refractivity contribution in [1.29, 1.82) is 0 Å². The SMILES string of the molecule is CC[C@@]1([C@@H]2O[C@@H]([C@H]3OC(=O)[C@H](C)C[C@@H]3C)C[C@@H]2C)CC[C@H]([C@]2(C)CCC(CC(=O)O)O2)O1. The minimum Gasteiger partial charge on any atom is -0.481 e. The van der Waals surface area contributed by atoms with Crippen LogP contribution in [0.25, 0.3) is 0 Å². The van der Waals surface area contributed by atoms with Crippen LogP contribution >= 0.6 is 0 Å². The Hall–Kier alpha value is -1.18. The van der Waals surface area contributed by atoms with E-state index in [2.05, 4.69) is 27.7 Å². The van der Waals surface area contributed by atoms with Gasteiger partial charge in [0.05, 0.1) is 48.0 Å². The van der Waals surface area contributed by atoms with E-state index in [0.717, 1.165) is 44.9 Å². The summed E-state index contributed by atoms with van der Waals surface area (Å²) in [6, 6.07) is 0. The molecule has 0 aromatic rings. The number of carbonyl (C=O) groups excluding carboxylic acids is 1. The normalized spacial score (nSPS) is 49.3. The molecule has 4 fully saturated rings. The first-order chi connectivity index (χ1) is 15.1. The Bertz CT molecular complexity index is 725. The molecule has 10 atom stereocenters. The number of rotatable bonds is 6. The second-order valence-corrected chi connectivity index (χ2v) is 11.1. The molecule has 0 bridgehead atoms. The zero-order chi connectivity index (χ0) is 23.3. The zero-order valence-corrected chi connectivity index (χ0v) is 20.2. The van der Waals surface area contributed by atoms with Gasteiger partial charge in [-0.3, -0.25) is 9.59 Å². The van der Waals surface area contributed by atoms with Crippen molar-refractivity contribution in [3.63, 3.8) is 0 Å². The predicted molar refractivity (Wildman–Crippen MR) is 117 cm³/mol. The number of cyclic esters (lactones) is 1. The van der Waals surface area contributed by atoms with Crippen molar-refractivity contribution in [2.75, 3.05) is 0 Å². The highest BCUT2D eigenvalue weighted by Crippen LogP contribution is 2.50. The maximum Gasteiger partial charge on any atom is 0.309 e. The van der Waals surface area contributed by atoms with Crippen LogP contribution in [0.3, 0.4) is 0 Å². The molecule has 4 saturated heterocycles. The summed E-state index contributed by atoms with van der Waals surface area (Å²) in [6.07, 6.45) is 5.30. The van der Waals surface area contributed by atoms with Crippen LogP contribution in [0, 0.1) is 17.8 Å². The maximum absolute atomic E-state index is 12.2. The van der Waals surface area contributed by atoms with Crippen LogP contribution < -0.4 is 0 Å². The molecule has 182 valence electrons. The fourth-order valence-electron chi connectivity index (χ4n) is 6.72. The van der Waals surface area contributed by atoms with Crippen LogP contribution in [0.5, 0.6) is 0 Å². The van der Waals surface area contributed by atoms with Crippen molar-refractivity contribution >= 4 is 11.9 Å². The third-order valence-electron chi connectivity index (χ3n) is 8.56. The number of ether oxygens (including phenoxy) is 4. The largest absolute Gasteiger partial charge is 0.481 e. The summed E-state index contributed by atoms with van der Waals surface area (Å²) in [5, 5.41) is 9.13.